The summed E-state index contributed by atoms with van der Waals surface area (Å²) in [6.45, 7) is 2.37. The molecule has 0 amide bonds. The summed E-state index contributed by atoms with van der Waals surface area (Å²) in [7, 11) is 0. The standard InChI is InChI=1S/C17H21N7O/c1-11-8-13(25-24-11)10-19-17-18-7-6-15(21-17)20-16-9-14(22-23-16)12-4-2-3-5-12/h6-9,12H,2-5,10H2,1H3,(H3,18,19,20,21,22,23). The Balaban J connectivity index is 1.39. The smallest absolute Gasteiger partial charge is 0.224 e. The summed E-state index contributed by atoms with van der Waals surface area (Å²) >= 11 is 0. The van der Waals surface area contributed by atoms with E-state index in [1.54, 1.807) is 6.20 Å². The number of nitrogens with one attached hydrogen (secondary N) is 3. The van der Waals surface area contributed by atoms with Crippen LogP contribution < -0.4 is 10.6 Å². The first-order chi connectivity index (χ1) is 12.3. The molecule has 3 aromatic rings. The van der Waals surface area contributed by atoms with E-state index < -0.39 is 0 Å². The second kappa shape index (κ2) is 6.92. The van der Waals surface area contributed by atoms with Crippen molar-refractivity contribution in [2.75, 3.05) is 10.6 Å². The molecule has 1 saturated carbocycles. The molecule has 3 N–H and O–H groups in total. The summed E-state index contributed by atoms with van der Waals surface area (Å²) in [5.41, 5.74) is 2.05. The molecule has 1 aliphatic carbocycles. The van der Waals surface area contributed by atoms with Crippen molar-refractivity contribution in [1.29, 1.82) is 0 Å². The summed E-state index contributed by atoms with van der Waals surface area (Å²) in [5.74, 6) is 3.34. The predicted octanol–water partition coefficient (Wildman–Crippen LogP) is 3.51. The highest BCUT2D eigenvalue weighted by Crippen LogP contribution is 2.33. The van der Waals surface area contributed by atoms with E-state index in [0.29, 0.717) is 24.2 Å². The monoisotopic (exact) mass is 339 g/mol. The zero-order valence-corrected chi connectivity index (χ0v) is 14.1. The van der Waals surface area contributed by atoms with Gasteiger partial charge >= 0.3 is 0 Å². The lowest BCUT2D eigenvalue weighted by Gasteiger charge is -2.05. The quantitative estimate of drug-likeness (QED) is 0.631. The number of hydrogen-bond donors (Lipinski definition) is 3. The third-order valence-corrected chi connectivity index (χ3v) is 4.40. The molecule has 4 rings (SSSR count). The Morgan fingerprint density at radius 1 is 1.24 bits per heavy atom. The lowest BCUT2D eigenvalue weighted by Crippen LogP contribution is -2.04. The number of aromatic nitrogens is 5. The fourth-order valence-electron chi connectivity index (χ4n) is 3.16. The van der Waals surface area contributed by atoms with E-state index in [1.807, 2.05) is 19.1 Å². The lowest BCUT2D eigenvalue weighted by molar-refractivity contribution is 0.384. The molecule has 0 unspecified atom stereocenters. The largest absolute Gasteiger partial charge is 0.359 e. The summed E-state index contributed by atoms with van der Waals surface area (Å²) in [5, 5.41) is 17.7. The highest BCUT2D eigenvalue weighted by atomic mass is 16.5. The fourth-order valence-corrected chi connectivity index (χ4v) is 3.16. The van der Waals surface area contributed by atoms with Crippen molar-refractivity contribution in [1.82, 2.24) is 25.3 Å². The van der Waals surface area contributed by atoms with E-state index in [2.05, 4.69) is 42.0 Å². The predicted molar refractivity (Wildman–Crippen MR) is 93.7 cm³/mol. The van der Waals surface area contributed by atoms with E-state index in [-0.39, 0.29) is 0 Å². The van der Waals surface area contributed by atoms with Gasteiger partial charge in [0.15, 0.2) is 11.6 Å². The van der Waals surface area contributed by atoms with Gasteiger partial charge in [-0.25, -0.2) is 4.98 Å². The van der Waals surface area contributed by atoms with Crippen molar-refractivity contribution < 1.29 is 4.52 Å². The van der Waals surface area contributed by atoms with Crippen LogP contribution in [0.4, 0.5) is 17.6 Å². The van der Waals surface area contributed by atoms with Crippen LogP contribution >= 0.6 is 0 Å². The fraction of sp³-hybridized carbons (Fsp3) is 0.412. The van der Waals surface area contributed by atoms with Gasteiger partial charge in [0.25, 0.3) is 0 Å². The van der Waals surface area contributed by atoms with Crippen LogP contribution in [0.1, 0.15) is 48.7 Å². The Morgan fingerprint density at radius 2 is 2.12 bits per heavy atom. The van der Waals surface area contributed by atoms with Gasteiger partial charge in [0.1, 0.15) is 5.82 Å². The molecule has 8 heteroatoms. The number of nitrogens with zero attached hydrogens (tertiary/aromatic N) is 4. The van der Waals surface area contributed by atoms with Crippen LogP contribution in [0, 0.1) is 6.92 Å². The SMILES string of the molecule is Cc1cc(CNc2nccc(Nc3cc(C4CCCC4)[nH]n3)n2)on1. The molecule has 0 aromatic carbocycles. The van der Waals surface area contributed by atoms with Crippen LogP contribution in [0.15, 0.2) is 28.9 Å². The van der Waals surface area contributed by atoms with E-state index in [0.717, 1.165) is 17.3 Å². The molecule has 3 aromatic heterocycles. The minimum atomic E-state index is 0.485. The van der Waals surface area contributed by atoms with Gasteiger partial charge in [-0.3, -0.25) is 5.10 Å². The number of H-pyrrole nitrogens is 1. The Hall–Kier alpha value is -2.90. The van der Waals surface area contributed by atoms with Crippen molar-refractivity contribution in [2.45, 2.75) is 45.1 Å². The highest BCUT2D eigenvalue weighted by Gasteiger charge is 2.19. The van der Waals surface area contributed by atoms with Crippen LogP contribution in [0.5, 0.6) is 0 Å². The maximum atomic E-state index is 5.17. The van der Waals surface area contributed by atoms with Crippen LogP contribution in [-0.4, -0.2) is 25.3 Å². The molecule has 0 bridgehead atoms. The Morgan fingerprint density at radius 3 is 2.92 bits per heavy atom. The average Bonchev–Trinajstić information content (AvgIpc) is 3.35. The van der Waals surface area contributed by atoms with Crippen molar-refractivity contribution in [3.8, 4) is 0 Å². The summed E-state index contributed by atoms with van der Waals surface area (Å²) < 4.78 is 5.17. The van der Waals surface area contributed by atoms with Gasteiger partial charge in [-0.05, 0) is 25.8 Å². The van der Waals surface area contributed by atoms with Crippen LogP contribution in [-0.2, 0) is 6.54 Å². The van der Waals surface area contributed by atoms with Crippen molar-refractivity contribution in [2.24, 2.45) is 0 Å². The number of hydrogen-bond acceptors (Lipinski definition) is 7. The van der Waals surface area contributed by atoms with Gasteiger partial charge in [0, 0.05) is 29.9 Å². The Labute approximate surface area is 145 Å². The molecule has 25 heavy (non-hydrogen) atoms. The summed E-state index contributed by atoms with van der Waals surface area (Å²) in [4.78, 5) is 8.67. The maximum absolute atomic E-state index is 5.17. The van der Waals surface area contributed by atoms with Gasteiger partial charge in [-0.1, -0.05) is 18.0 Å². The lowest BCUT2D eigenvalue weighted by atomic mass is 10.0. The van der Waals surface area contributed by atoms with Crippen molar-refractivity contribution in [3.63, 3.8) is 0 Å². The minimum absolute atomic E-state index is 0.485. The topological polar surface area (TPSA) is 105 Å². The Bertz CT molecular complexity index is 835. The molecular formula is C17H21N7O. The summed E-state index contributed by atoms with van der Waals surface area (Å²) in [6.07, 6.45) is 6.79. The second-order valence-corrected chi connectivity index (χ2v) is 6.37. The molecule has 0 saturated heterocycles. The van der Waals surface area contributed by atoms with E-state index >= 15 is 0 Å². The number of rotatable bonds is 6. The number of aromatic amines is 1. The normalized spacial score (nSPS) is 14.8. The minimum Gasteiger partial charge on any atom is -0.359 e. The van der Waals surface area contributed by atoms with Gasteiger partial charge in [0.05, 0.1) is 12.2 Å². The van der Waals surface area contributed by atoms with E-state index in [1.165, 1.54) is 31.4 Å². The first-order valence-electron chi connectivity index (χ1n) is 8.58. The molecule has 130 valence electrons. The maximum Gasteiger partial charge on any atom is 0.224 e. The molecule has 3 heterocycles. The number of anilines is 3. The van der Waals surface area contributed by atoms with Gasteiger partial charge in [-0.2, -0.15) is 10.1 Å². The highest BCUT2D eigenvalue weighted by molar-refractivity contribution is 5.53. The average molecular weight is 339 g/mol. The first-order valence-corrected chi connectivity index (χ1v) is 8.58. The van der Waals surface area contributed by atoms with Crippen molar-refractivity contribution in [3.05, 3.63) is 41.5 Å². The van der Waals surface area contributed by atoms with Crippen LogP contribution in [0.25, 0.3) is 0 Å². The van der Waals surface area contributed by atoms with Gasteiger partial charge < -0.3 is 15.2 Å². The van der Waals surface area contributed by atoms with Crippen molar-refractivity contribution >= 4 is 17.6 Å². The molecule has 1 fully saturated rings. The van der Waals surface area contributed by atoms with Gasteiger partial charge in [-0.15, -0.1) is 0 Å². The summed E-state index contributed by atoms with van der Waals surface area (Å²) in [6, 6.07) is 5.76. The molecule has 0 atom stereocenters. The zero-order chi connectivity index (χ0) is 17.1. The molecule has 0 radical (unpaired) electrons. The third-order valence-electron chi connectivity index (χ3n) is 4.40. The third kappa shape index (κ3) is 3.78. The Kier molecular flexibility index (Phi) is 4.32. The first kappa shape index (κ1) is 15.6. The molecule has 0 spiro atoms. The van der Waals surface area contributed by atoms with E-state index in [4.69, 9.17) is 4.52 Å². The van der Waals surface area contributed by atoms with E-state index in [9.17, 15) is 0 Å². The van der Waals surface area contributed by atoms with Gasteiger partial charge in [0.2, 0.25) is 5.95 Å². The second-order valence-electron chi connectivity index (χ2n) is 6.37. The van der Waals surface area contributed by atoms with Crippen LogP contribution in [0.3, 0.4) is 0 Å². The number of aryl methyl sites for hydroxylation is 1. The molecule has 8 nitrogen and oxygen atoms in total. The molecular weight excluding hydrogens is 318 g/mol. The van der Waals surface area contributed by atoms with Crippen LogP contribution in [0.2, 0.25) is 0 Å². The molecule has 0 aliphatic heterocycles. The molecule has 1 aliphatic rings. The zero-order valence-electron chi connectivity index (χ0n) is 14.1.